The van der Waals surface area contributed by atoms with Gasteiger partial charge in [-0.1, -0.05) is 239 Å². The maximum atomic E-state index is 14.2. The maximum Gasteiger partial charge on any atom is 0.308 e. The molecule has 0 aromatic heterocycles. The number of rotatable bonds is 68. The largest absolute Gasteiger partial charge is 0.465 e. The van der Waals surface area contributed by atoms with E-state index in [0.29, 0.717) is 101 Å². The van der Waals surface area contributed by atoms with E-state index in [0.717, 1.165) is 128 Å². The molecule has 0 saturated carbocycles. The maximum absolute atomic E-state index is 14.2. The summed E-state index contributed by atoms with van der Waals surface area (Å²) in [5, 5.41) is 0. The van der Waals surface area contributed by atoms with Gasteiger partial charge in [-0.05, 0) is 101 Å². The Balaban J connectivity index is 8.62. The molecule has 0 amide bonds. The highest BCUT2D eigenvalue weighted by atomic mass is 16.6. The van der Waals surface area contributed by atoms with Crippen molar-refractivity contribution in [3.63, 3.8) is 0 Å². The van der Waals surface area contributed by atoms with E-state index in [9.17, 15) is 38.4 Å². The average molecular weight is 1440 g/mol. The molecule has 0 N–H and O–H groups in total. The molecule has 0 fully saturated rings. The highest BCUT2D eigenvalue weighted by Gasteiger charge is 2.44. The summed E-state index contributed by atoms with van der Waals surface area (Å²) in [4.78, 5) is 113. The molecule has 0 aliphatic heterocycles. The van der Waals surface area contributed by atoms with E-state index in [-0.39, 0.29) is 105 Å². The van der Waals surface area contributed by atoms with Gasteiger partial charge in [0, 0.05) is 25.7 Å². The van der Waals surface area contributed by atoms with Crippen molar-refractivity contribution in [2.45, 2.75) is 342 Å². The molecular weight excluding hydrogens is 1280 g/mol. The van der Waals surface area contributed by atoms with E-state index < -0.39 is 87.7 Å². The quantitative estimate of drug-likeness (QED) is 0.0313. The van der Waals surface area contributed by atoms with Crippen LogP contribution < -0.4 is 0 Å². The first-order chi connectivity index (χ1) is 48.3. The Kier molecular flexibility index (Phi) is 57.3. The molecule has 18 heteroatoms. The standard InChI is InChI=1S/C83H152O18/c1-17-25-45-69(21-5)77(88)98-61-82(62-99-78(89)70(22-6)46-26-18-2,59-96-75(86)51-39-31-35-43-67(13)14)55-92-53-81(57-94-73(84)49-37-29-33-41-65(9)10,58-95-74(85)50-38-30-34-42-66(11)12)54-93-56-83(63-100-79(90)71(23-7)47-27-19-3,64-101-80(91)72(24-8)48-28-20-4)60-97-76(87)52-40-32-36-44-68(15)16/h65-72H,17-64H2,1-16H3. The van der Waals surface area contributed by atoms with Gasteiger partial charge in [0.15, 0.2) is 0 Å². The Labute approximate surface area is 615 Å². The number of unbranched alkanes of at least 4 members (excludes halogenated alkanes) is 12. The van der Waals surface area contributed by atoms with Crippen molar-refractivity contribution in [2.75, 3.05) is 79.3 Å². The van der Waals surface area contributed by atoms with Crippen molar-refractivity contribution < 1.29 is 85.7 Å². The van der Waals surface area contributed by atoms with Crippen LogP contribution in [0.1, 0.15) is 342 Å². The van der Waals surface area contributed by atoms with Gasteiger partial charge in [0.25, 0.3) is 0 Å². The zero-order valence-electron chi connectivity index (χ0n) is 67.4. The first kappa shape index (κ1) is 96.7. The number of hydrogen-bond acceptors (Lipinski definition) is 18. The van der Waals surface area contributed by atoms with Gasteiger partial charge in [-0.25, -0.2) is 0 Å². The van der Waals surface area contributed by atoms with Gasteiger partial charge in [0.1, 0.15) is 52.9 Å². The van der Waals surface area contributed by atoms with Crippen LogP contribution in [0.2, 0.25) is 0 Å². The molecule has 0 saturated heterocycles. The lowest BCUT2D eigenvalue weighted by Gasteiger charge is -2.37. The van der Waals surface area contributed by atoms with E-state index >= 15 is 0 Å². The van der Waals surface area contributed by atoms with Crippen molar-refractivity contribution in [2.24, 2.45) is 63.6 Å². The molecule has 0 heterocycles. The number of carbonyl (C=O) groups is 8. The van der Waals surface area contributed by atoms with Crippen LogP contribution in [0.3, 0.4) is 0 Å². The number of carbonyl (C=O) groups excluding carboxylic acids is 8. The van der Waals surface area contributed by atoms with Crippen molar-refractivity contribution >= 4 is 47.8 Å². The van der Waals surface area contributed by atoms with Crippen LogP contribution in [0.4, 0.5) is 0 Å². The van der Waals surface area contributed by atoms with E-state index in [2.05, 4.69) is 83.1 Å². The third kappa shape index (κ3) is 48.4. The molecule has 0 aliphatic rings. The Hall–Kier alpha value is -4.32. The molecule has 0 rings (SSSR count). The van der Waals surface area contributed by atoms with Crippen LogP contribution in [-0.4, -0.2) is 127 Å². The molecule has 592 valence electrons. The summed E-state index contributed by atoms with van der Waals surface area (Å²) in [5.74, 6) is -3.34. The third-order valence-electron chi connectivity index (χ3n) is 19.5. The molecule has 0 spiro atoms. The van der Waals surface area contributed by atoms with Crippen molar-refractivity contribution in [1.29, 1.82) is 0 Å². The Bertz CT molecular complexity index is 1940. The van der Waals surface area contributed by atoms with E-state index in [1.165, 1.54) is 0 Å². The summed E-state index contributed by atoms with van der Waals surface area (Å²) in [5.41, 5.74) is -4.50. The lowest BCUT2D eigenvalue weighted by atomic mass is 9.89. The zero-order valence-corrected chi connectivity index (χ0v) is 67.4. The fourth-order valence-corrected chi connectivity index (χ4v) is 12.1. The number of esters is 8. The highest BCUT2D eigenvalue weighted by Crippen LogP contribution is 2.32. The molecule has 0 aromatic carbocycles. The van der Waals surface area contributed by atoms with E-state index in [1.54, 1.807) is 0 Å². The second-order valence-electron chi connectivity index (χ2n) is 31.5. The number of hydrogen-bond donors (Lipinski definition) is 0. The van der Waals surface area contributed by atoms with Gasteiger partial charge in [-0.15, -0.1) is 0 Å². The summed E-state index contributed by atoms with van der Waals surface area (Å²) >= 11 is 0. The predicted molar refractivity (Wildman–Crippen MR) is 402 cm³/mol. The van der Waals surface area contributed by atoms with Crippen LogP contribution in [0.15, 0.2) is 0 Å². The topological polar surface area (TPSA) is 229 Å². The highest BCUT2D eigenvalue weighted by molar-refractivity contribution is 5.74. The average Bonchev–Trinajstić information content (AvgIpc) is 0.838. The molecule has 0 aromatic rings. The molecule has 0 bridgehead atoms. The summed E-state index contributed by atoms with van der Waals surface area (Å²) in [6, 6.07) is 0. The molecule has 101 heavy (non-hydrogen) atoms. The van der Waals surface area contributed by atoms with Gasteiger partial charge in [0.2, 0.25) is 0 Å². The fraction of sp³-hybridized carbons (Fsp3) is 0.904. The minimum Gasteiger partial charge on any atom is -0.465 e. The van der Waals surface area contributed by atoms with Crippen molar-refractivity contribution in [3.05, 3.63) is 0 Å². The SMILES string of the molecule is CCCCC(CC)C(=O)OCC(COCC(COCC(COC(=O)CCCCCC(C)C)(COC(=O)C(CC)CCCC)COC(=O)C(CC)CCCC)(COC(=O)CCCCCC(C)C)COC(=O)CCCCCC(C)C)(COC(=O)CCCCCC(C)C)COC(=O)C(CC)CCCC. The minimum absolute atomic E-state index is 0.111. The lowest BCUT2D eigenvalue weighted by Crippen LogP contribution is -2.48. The monoisotopic (exact) mass is 1440 g/mol. The lowest BCUT2D eigenvalue weighted by molar-refractivity contribution is -0.180. The summed E-state index contributed by atoms with van der Waals surface area (Å²) in [7, 11) is 0. The molecular formula is C83H152O18. The van der Waals surface area contributed by atoms with Crippen LogP contribution in [0.25, 0.3) is 0 Å². The van der Waals surface area contributed by atoms with Crippen LogP contribution >= 0.6 is 0 Å². The Morgan fingerprint density at radius 2 is 0.416 bits per heavy atom. The smallest absolute Gasteiger partial charge is 0.308 e. The molecule has 0 radical (unpaired) electrons. The van der Waals surface area contributed by atoms with Crippen LogP contribution in [0.5, 0.6) is 0 Å². The molecule has 18 nitrogen and oxygen atoms in total. The third-order valence-corrected chi connectivity index (χ3v) is 19.5. The van der Waals surface area contributed by atoms with Crippen molar-refractivity contribution in [1.82, 2.24) is 0 Å². The Morgan fingerprint density at radius 3 is 0.594 bits per heavy atom. The fourth-order valence-electron chi connectivity index (χ4n) is 12.1. The van der Waals surface area contributed by atoms with Gasteiger partial charge in [0.05, 0.1) is 66.3 Å². The second kappa shape index (κ2) is 59.9. The second-order valence-corrected chi connectivity index (χ2v) is 31.5. The summed E-state index contributed by atoms with van der Waals surface area (Å²) in [6.07, 6.45) is 25.2. The van der Waals surface area contributed by atoms with Crippen molar-refractivity contribution in [3.8, 4) is 0 Å². The van der Waals surface area contributed by atoms with Gasteiger partial charge < -0.3 is 47.4 Å². The van der Waals surface area contributed by atoms with Gasteiger partial charge in [-0.3, -0.25) is 38.4 Å². The summed E-state index contributed by atoms with van der Waals surface area (Å²) < 4.78 is 63.7. The molecule has 4 unspecified atom stereocenters. The number of ether oxygens (including phenoxy) is 10. The predicted octanol–water partition coefficient (Wildman–Crippen LogP) is 19.6. The Morgan fingerprint density at radius 1 is 0.228 bits per heavy atom. The van der Waals surface area contributed by atoms with Gasteiger partial charge >= 0.3 is 47.8 Å². The normalized spacial score (nSPS) is 14.2. The minimum atomic E-state index is -1.53. The molecule has 4 atom stereocenters. The van der Waals surface area contributed by atoms with Gasteiger partial charge in [-0.2, -0.15) is 0 Å². The molecule has 0 aliphatic carbocycles. The van der Waals surface area contributed by atoms with E-state index in [1.807, 2.05) is 27.7 Å². The first-order valence-electron chi connectivity index (χ1n) is 40.7. The zero-order chi connectivity index (χ0) is 75.7. The summed E-state index contributed by atoms with van der Waals surface area (Å²) in [6.45, 7) is 29.0. The van der Waals surface area contributed by atoms with Crippen LogP contribution in [-0.2, 0) is 85.7 Å². The van der Waals surface area contributed by atoms with Crippen LogP contribution in [0, 0.1) is 63.6 Å². The first-order valence-corrected chi connectivity index (χ1v) is 40.7. The van der Waals surface area contributed by atoms with E-state index in [4.69, 9.17) is 47.4 Å².